The van der Waals surface area contributed by atoms with Crippen LogP contribution in [0.3, 0.4) is 0 Å². The number of amidine groups is 1. The van der Waals surface area contributed by atoms with Crippen LogP contribution in [0.2, 0.25) is 0 Å². The SMILES string of the molecule is N#CCCN(CCC#N)c1ccc(/C=N/N=C2\NC(=O)C(c3ccccc3)S2)cc1. The number of carbonyl (C=O) groups is 1. The van der Waals surface area contributed by atoms with Crippen molar-refractivity contribution >= 4 is 34.7 Å². The van der Waals surface area contributed by atoms with Crippen molar-refractivity contribution in [1.82, 2.24) is 5.32 Å². The Labute approximate surface area is 179 Å². The first-order chi connectivity index (χ1) is 14.7. The molecular formula is C22H20N6OS. The summed E-state index contributed by atoms with van der Waals surface area (Å²) >= 11 is 1.34. The minimum absolute atomic E-state index is 0.0978. The van der Waals surface area contributed by atoms with Gasteiger partial charge in [0.15, 0.2) is 5.17 Å². The van der Waals surface area contributed by atoms with E-state index < -0.39 is 0 Å². The first-order valence-corrected chi connectivity index (χ1v) is 10.3. The summed E-state index contributed by atoms with van der Waals surface area (Å²) in [7, 11) is 0. The van der Waals surface area contributed by atoms with E-state index in [0.717, 1.165) is 16.8 Å². The van der Waals surface area contributed by atoms with Gasteiger partial charge < -0.3 is 10.2 Å². The Hall–Kier alpha value is -3.62. The second kappa shape index (κ2) is 10.8. The molecule has 1 aliphatic heterocycles. The summed E-state index contributed by atoms with van der Waals surface area (Å²) in [6, 6.07) is 21.5. The van der Waals surface area contributed by atoms with E-state index in [-0.39, 0.29) is 11.2 Å². The van der Waals surface area contributed by atoms with Crippen molar-refractivity contribution in [1.29, 1.82) is 10.5 Å². The van der Waals surface area contributed by atoms with Crippen molar-refractivity contribution in [2.45, 2.75) is 18.1 Å². The predicted molar refractivity (Wildman–Crippen MR) is 119 cm³/mol. The van der Waals surface area contributed by atoms with Gasteiger partial charge in [-0.15, -0.1) is 5.10 Å². The van der Waals surface area contributed by atoms with Crippen LogP contribution in [0, 0.1) is 22.7 Å². The molecule has 1 fully saturated rings. The zero-order valence-electron chi connectivity index (χ0n) is 16.2. The summed E-state index contributed by atoms with van der Waals surface area (Å²) in [5.41, 5.74) is 2.74. The van der Waals surface area contributed by atoms with Crippen LogP contribution in [0.15, 0.2) is 64.8 Å². The van der Waals surface area contributed by atoms with Gasteiger partial charge in [-0.3, -0.25) is 4.79 Å². The van der Waals surface area contributed by atoms with Crippen LogP contribution in [0.1, 0.15) is 29.2 Å². The molecule has 2 aromatic rings. The Morgan fingerprint density at radius 1 is 1.03 bits per heavy atom. The highest BCUT2D eigenvalue weighted by Gasteiger charge is 2.31. The van der Waals surface area contributed by atoms with Gasteiger partial charge in [0.25, 0.3) is 0 Å². The number of thioether (sulfide) groups is 1. The number of nitrogens with zero attached hydrogens (tertiary/aromatic N) is 5. The van der Waals surface area contributed by atoms with Crippen molar-refractivity contribution < 1.29 is 4.79 Å². The molecule has 0 aromatic heterocycles. The first-order valence-electron chi connectivity index (χ1n) is 9.43. The van der Waals surface area contributed by atoms with Gasteiger partial charge in [0.2, 0.25) is 5.91 Å². The third-order valence-corrected chi connectivity index (χ3v) is 5.53. The van der Waals surface area contributed by atoms with Crippen molar-refractivity contribution in [2.24, 2.45) is 10.2 Å². The topological polar surface area (TPSA) is 105 Å². The van der Waals surface area contributed by atoms with Crippen molar-refractivity contribution in [2.75, 3.05) is 18.0 Å². The molecule has 8 heteroatoms. The van der Waals surface area contributed by atoms with Crippen molar-refractivity contribution in [3.05, 3.63) is 65.7 Å². The molecule has 0 saturated carbocycles. The third kappa shape index (κ3) is 5.69. The molecule has 1 N–H and O–H groups in total. The second-order valence-electron chi connectivity index (χ2n) is 6.44. The highest BCUT2D eigenvalue weighted by atomic mass is 32.2. The average molecular weight is 417 g/mol. The van der Waals surface area contributed by atoms with Gasteiger partial charge >= 0.3 is 0 Å². The maximum atomic E-state index is 12.2. The molecule has 0 spiro atoms. The van der Waals surface area contributed by atoms with E-state index in [0.29, 0.717) is 31.1 Å². The van der Waals surface area contributed by atoms with Gasteiger partial charge in [0.05, 0.1) is 31.2 Å². The standard InChI is InChI=1S/C22H20N6OS/c23-12-4-14-28(15-5-13-24)19-10-8-17(9-11-19)16-25-27-22-26-21(29)20(30-22)18-6-2-1-3-7-18/h1-3,6-11,16,20H,4-5,14-15H2,(H,26,27,29)/b25-16+. The Balaban J connectivity index is 1.62. The molecule has 150 valence electrons. The zero-order valence-corrected chi connectivity index (χ0v) is 17.0. The van der Waals surface area contributed by atoms with Gasteiger partial charge in [-0.05, 0) is 23.3 Å². The van der Waals surface area contributed by atoms with Crippen LogP contribution in [-0.4, -0.2) is 30.4 Å². The molecule has 7 nitrogen and oxygen atoms in total. The van der Waals surface area contributed by atoms with Gasteiger partial charge in [0.1, 0.15) is 5.25 Å². The largest absolute Gasteiger partial charge is 0.369 e. The molecule has 1 atom stereocenters. The molecule has 1 saturated heterocycles. The maximum Gasteiger partial charge on any atom is 0.244 e. The van der Waals surface area contributed by atoms with Gasteiger partial charge in [-0.2, -0.15) is 15.6 Å². The fourth-order valence-electron chi connectivity index (χ4n) is 2.92. The fourth-order valence-corrected chi connectivity index (χ4v) is 3.86. The van der Waals surface area contributed by atoms with Gasteiger partial charge in [-0.25, -0.2) is 0 Å². The van der Waals surface area contributed by atoms with Crippen LogP contribution < -0.4 is 10.2 Å². The smallest absolute Gasteiger partial charge is 0.244 e. The quantitative estimate of drug-likeness (QED) is 0.523. The lowest BCUT2D eigenvalue weighted by atomic mass is 10.1. The Morgan fingerprint density at radius 3 is 2.33 bits per heavy atom. The van der Waals surface area contributed by atoms with E-state index in [9.17, 15) is 4.79 Å². The molecule has 0 bridgehead atoms. The first kappa shape index (κ1) is 21.1. The minimum atomic E-state index is -0.313. The number of hydrogen-bond acceptors (Lipinski definition) is 7. The zero-order chi connectivity index (χ0) is 21.2. The lowest BCUT2D eigenvalue weighted by molar-refractivity contribution is -0.118. The lowest BCUT2D eigenvalue weighted by Gasteiger charge is -2.22. The van der Waals surface area contributed by atoms with E-state index in [1.807, 2.05) is 59.5 Å². The summed E-state index contributed by atoms with van der Waals surface area (Å²) in [6.07, 6.45) is 2.42. The van der Waals surface area contributed by atoms with Gasteiger partial charge in [0, 0.05) is 18.8 Å². The van der Waals surface area contributed by atoms with Crippen LogP contribution in [0.25, 0.3) is 0 Å². The Morgan fingerprint density at radius 2 is 1.70 bits per heavy atom. The molecule has 2 aromatic carbocycles. The minimum Gasteiger partial charge on any atom is -0.369 e. The van der Waals surface area contributed by atoms with Gasteiger partial charge in [-0.1, -0.05) is 54.2 Å². The number of nitriles is 2. The van der Waals surface area contributed by atoms with E-state index >= 15 is 0 Å². The third-order valence-electron chi connectivity index (χ3n) is 4.40. The highest BCUT2D eigenvalue weighted by Crippen LogP contribution is 2.34. The summed E-state index contributed by atoms with van der Waals surface area (Å²) in [6.45, 7) is 1.16. The lowest BCUT2D eigenvalue weighted by Crippen LogP contribution is -2.25. The monoisotopic (exact) mass is 416 g/mol. The summed E-state index contributed by atoms with van der Waals surface area (Å²) in [4.78, 5) is 14.2. The van der Waals surface area contributed by atoms with E-state index in [1.165, 1.54) is 11.8 Å². The number of hydrogen-bond donors (Lipinski definition) is 1. The number of carbonyl (C=O) groups excluding carboxylic acids is 1. The summed E-state index contributed by atoms with van der Waals surface area (Å²) < 4.78 is 0. The molecule has 1 amide bonds. The number of amides is 1. The maximum absolute atomic E-state index is 12.2. The van der Waals surface area contributed by atoms with Crippen LogP contribution in [0.4, 0.5) is 5.69 Å². The van der Waals surface area contributed by atoms with Crippen molar-refractivity contribution in [3.8, 4) is 12.1 Å². The molecule has 30 heavy (non-hydrogen) atoms. The molecule has 0 aliphatic carbocycles. The molecule has 1 unspecified atom stereocenters. The number of nitrogens with one attached hydrogen (secondary N) is 1. The van der Waals surface area contributed by atoms with E-state index in [2.05, 4.69) is 27.7 Å². The molecule has 3 rings (SSSR count). The van der Waals surface area contributed by atoms with Crippen LogP contribution >= 0.6 is 11.8 Å². The average Bonchev–Trinajstić information content (AvgIpc) is 3.15. The number of benzene rings is 2. The normalized spacial score (nSPS) is 16.9. The predicted octanol–water partition coefficient (Wildman–Crippen LogP) is 3.61. The molecule has 0 radical (unpaired) electrons. The van der Waals surface area contributed by atoms with E-state index in [4.69, 9.17) is 10.5 Å². The highest BCUT2D eigenvalue weighted by molar-refractivity contribution is 8.15. The van der Waals surface area contributed by atoms with Crippen LogP contribution in [0.5, 0.6) is 0 Å². The van der Waals surface area contributed by atoms with E-state index in [1.54, 1.807) is 6.21 Å². The fraction of sp³-hybridized carbons (Fsp3) is 0.227. The van der Waals surface area contributed by atoms with Crippen molar-refractivity contribution in [3.63, 3.8) is 0 Å². The molecule has 1 aliphatic rings. The molecular weight excluding hydrogens is 396 g/mol. The summed E-state index contributed by atoms with van der Waals surface area (Å²) in [5.74, 6) is -0.0978. The Kier molecular flexibility index (Phi) is 7.59. The molecule has 1 heterocycles. The number of rotatable bonds is 8. The Bertz CT molecular complexity index is 987. The summed E-state index contributed by atoms with van der Waals surface area (Å²) in [5, 5.41) is 28.8. The van der Waals surface area contributed by atoms with Crippen LogP contribution in [-0.2, 0) is 4.79 Å². The number of anilines is 1. The second-order valence-corrected chi connectivity index (χ2v) is 7.54.